The zero-order valence-electron chi connectivity index (χ0n) is 14.6. The van der Waals surface area contributed by atoms with Gasteiger partial charge in [0.1, 0.15) is 11.6 Å². The van der Waals surface area contributed by atoms with Crippen LogP contribution in [-0.4, -0.2) is 41.3 Å². The van der Waals surface area contributed by atoms with E-state index in [1.165, 1.54) is 10.5 Å². The Morgan fingerprint density at radius 3 is 2.50 bits per heavy atom. The number of rotatable bonds is 4. The summed E-state index contributed by atoms with van der Waals surface area (Å²) in [5.74, 6) is 0.201. The number of hydrogen-bond acceptors (Lipinski definition) is 5. The molecule has 1 aliphatic heterocycles. The second-order valence-electron chi connectivity index (χ2n) is 6.27. The summed E-state index contributed by atoms with van der Waals surface area (Å²) in [4.78, 5) is 16.4. The van der Waals surface area contributed by atoms with Crippen LogP contribution in [0.4, 0.5) is 0 Å². The molecular formula is C17H20ClN3O4S. The summed E-state index contributed by atoms with van der Waals surface area (Å²) in [6.07, 6.45) is 2.30. The smallest absolute Gasteiger partial charge is 0.314 e. The topological polar surface area (TPSA) is 81.5 Å². The molecule has 1 fully saturated rings. The van der Waals surface area contributed by atoms with Gasteiger partial charge in [0.2, 0.25) is 0 Å². The van der Waals surface area contributed by atoms with Crippen molar-refractivity contribution in [2.24, 2.45) is 13.0 Å². The van der Waals surface area contributed by atoms with Crippen LogP contribution in [0.5, 0.6) is 5.75 Å². The maximum atomic E-state index is 12.7. The Labute approximate surface area is 157 Å². The normalized spacial score (nSPS) is 16.6. The molecule has 1 aromatic heterocycles. The highest BCUT2D eigenvalue weighted by atomic mass is 35.5. The second-order valence-corrected chi connectivity index (χ2v) is 8.56. The number of imidazole rings is 1. The first-order chi connectivity index (χ1) is 12.3. The first-order valence-electron chi connectivity index (χ1n) is 8.25. The molecule has 0 spiro atoms. The van der Waals surface area contributed by atoms with Crippen LogP contribution in [0, 0.1) is 12.8 Å². The summed E-state index contributed by atoms with van der Waals surface area (Å²) in [7, 11) is -1.90. The molecule has 3 rings (SSSR count). The molecule has 2 heterocycles. The standard InChI is InChI=1S/C17H20ClN3O4S/c1-12-19-16(11-20(12)2)26(23,24)21-9-7-13(8-10-21)17(22)25-15-6-4-3-5-14(15)18/h3-6,11,13H,7-10H2,1-2H3. The van der Waals surface area contributed by atoms with Crippen LogP contribution in [0.1, 0.15) is 18.7 Å². The number of hydrogen-bond donors (Lipinski definition) is 0. The highest BCUT2D eigenvalue weighted by molar-refractivity contribution is 7.89. The quantitative estimate of drug-likeness (QED) is 0.584. The highest BCUT2D eigenvalue weighted by Crippen LogP contribution is 2.28. The van der Waals surface area contributed by atoms with Gasteiger partial charge in [-0.05, 0) is 31.9 Å². The maximum absolute atomic E-state index is 12.7. The van der Waals surface area contributed by atoms with Gasteiger partial charge in [-0.1, -0.05) is 23.7 Å². The van der Waals surface area contributed by atoms with Crippen LogP contribution in [0.2, 0.25) is 5.02 Å². The molecule has 140 valence electrons. The van der Waals surface area contributed by atoms with E-state index >= 15 is 0 Å². The summed E-state index contributed by atoms with van der Waals surface area (Å²) in [6, 6.07) is 6.76. The van der Waals surface area contributed by atoms with Gasteiger partial charge in [-0.2, -0.15) is 4.31 Å². The van der Waals surface area contributed by atoms with E-state index in [9.17, 15) is 13.2 Å². The van der Waals surface area contributed by atoms with Crippen molar-refractivity contribution in [3.63, 3.8) is 0 Å². The number of nitrogens with zero attached hydrogens (tertiary/aromatic N) is 3. The molecule has 0 saturated carbocycles. The van der Waals surface area contributed by atoms with Gasteiger partial charge in [-0.3, -0.25) is 4.79 Å². The maximum Gasteiger partial charge on any atom is 0.314 e. The Morgan fingerprint density at radius 1 is 1.27 bits per heavy atom. The summed E-state index contributed by atoms with van der Waals surface area (Å²) in [5.41, 5.74) is 0. The van der Waals surface area contributed by atoms with Crippen molar-refractivity contribution in [3.05, 3.63) is 41.3 Å². The molecule has 0 aliphatic carbocycles. The largest absolute Gasteiger partial charge is 0.425 e. The monoisotopic (exact) mass is 397 g/mol. The van der Waals surface area contributed by atoms with E-state index in [0.29, 0.717) is 29.4 Å². The Kier molecular flexibility index (Phi) is 5.36. The fraction of sp³-hybridized carbons (Fsp3) is 0.412. The van der Waals surface area contributed by atoms with Crippen molar-refractivity contribution in [2.45, 2.75) is 24.8 Å². The number of para-hydroxylation sites is 1. The van der Waals surface area contributed by atoms with E-state index in [4.69, 9.17) is 16.3 Å². The number of esters is 1. The third-order valence-corrected chi connectivity index (χ3v) is 6.61. The van der Waals surface area contributed by atoms with Crippen LogP contribution in [-0.2, 0) is 21.9 Å². The Morgan fingerprint density at radius 2 is 1.92 bits per heavy atom. The zero-order chi connectivity index (χ0) is 18.9. The molecule has 0 unspecified atom stereocenters. The van der Waals surface area contributed by atoms with E-state index in [-0.39, 0.29) is 30.0 Å². The van der Waals surface area contributed by atoms with Crippen LogP contribution in [0.25, 0.3) is 0 Å². The van der Waals surface area contributed by atoms with Crippen LogP contribution < -0.4 is 4.74 Å². The molecular weight excluding hydrogens is 378 g/mol. The zero-order valence-corrected chi connectivity index (χ0v) is 16.1. The van der Waals surface area contributed by atoms with Crippen molar-refractivity contribution < 1.29 is 17.9 Å². The lowest BCUT2D eigenvalue weighted by Gasteiger charge is -2.29. The molecule has 1 saturated heterocycles. The van der Waals surface area contributed by atoms with Gasteiger partial charge >= 0.3 is 5.97 Å². The number of carbonyl (C=O) groups excluding carboxylic acids is 1. The minimum atomic E-state index is -3.65. The second kappa shape index (κ2) is 7.38. The lowest BCUT2D eigenvalue weighted by molar-refractivity contribution is -0.140. The predicted octanol–water partition coefficient (Wildman–Crippen LogP) is 2.39. The molecule has 7 nitrogen and oxygen atoms in total. The molecule has 0 atom stereocenters. The number of aromatic nitrogens is 2. The average molecular weight is 398 g/mol. The van der Waals surface area contributed by atoms with E-state index < -0.39 is 10.0 Å². The first-order valence-corrected chi connectivity index (χ1v) is 10.1. The molecule has 0 N–H and O–H groups in total. The number of benzene rings is 1. The summed E-state index contributed by atoms with van der Waals surface area (Å²) in [5, 5.41) is 0.404. The van der Waals surface area contributed by atoms with Gasteiger partial charge in [-0.15, -0.1) is 0 Å². The number of ether oxygens (including phenoxy) is 1. The van der Waals surface area contributed by atoms with E-state index in [2.05, 4.69) is 4.98 Å². The van der Waals surface area contributed by atoms with Crippen LogP contribution >= 0.6 is 11.6 Å². The third kappa shape index (κ3) is 3.77. The average Bonchev–Trinajstić information content (AvgIpc) is 2.97. The molecule has 1 aromatic carbocycles. The molecule has 2 aromatic rings. The lowest BCUT2D eigenvalue weighted by Crippen LogP contribution is -2.41. The molecule has 26 heavy (non-hydrogen) atoms. The van der Waals surface area contributed by atoms with Gasteiger partial charge in [0.05, 0.1) is 10.9 Å². The number of sulfonamides is 1. The van der Waals surface area contributed by atoms with Gasteiger partial charge in [0, 0.05) is 26.3 Å². The van der Waals surface area contributed by atoms with Crippen molar-refractivity contribution in [1.82, 2.24) is 13.9 Å². The molecule has 0 radical (unpaired) electrons. The van der Waals surface area contributed by atoms with E-state index in [1.807, 2.05) is 0 Å². The lowest BCUT2D eigenvalue weighted by atomic mass is 9.98. The fourth-order valence-electron chi connectivity index (χ4n) is 2.83. The number of piperidine rings is 1. The van der Waals surface area contributed by atoms with Gasteiger partial charge in [0.15, 0.2) is 5.03 Å². The number of halogens is 1. The SMILES string of the molecule is Cc1nc(S(=O)(=O)N2CCC(C(=O)Oc3ccccc3Cl)CC2)cn1C. The minimum Gasteiger partial charge on any atom is -0.425 e. The highest BCUT2D eigenvalue weighted by Gasteiger charge is 2.34. The molecule has 0 amide bonds. The number of carbonyl (C=O) groups is 1. The van der Waals surface area contributed by atoms with Crippen molar-refractivity contribution in [3.8, 4) is 5.75 Å². The molecule has 1 aliphatic rings. The van der Waals surface area contributed by atoms with Crippen LogP contribution in [0.15, 0.2) is 35.5 Å². The molecule has 9 heteroatoms. The Bertz CT molecular complexity index is 898. The van der Waals surface area contributed by atoms with E-state index in [0.717, 1.165) is 0 Å². The Hall–Kier alpha value is -1.90. The summed E-state index contributed by atoms with van der Waals surface area (Å²) < 4.78 is 33.8. The first kappa shape index (κ1) is 18.9. The third-order valence-electron chi connectivity index (χ3n) is 4.53. The van der Waals surface area contributed by atoms with Gasteiger partial charge < -0.3 is 9.30 Å². The van der Waals surface area contributed by atoms with Crippen molar-refractivity contribution in [1.29, 1.82) is 0 Å². The van der Waals surface area contributed by atoms with Gasteiger partial charge in [0.25, 0.3) is 10.0 Å². The number of aryl methyl sites for hydroxylation is 2. The summed E-state index contributed by atoms with van der Waals surface area (Å²) in [6.45, 7) is 2.25. The fourth-order valence-corrected chi connectivity index (χ4v) is 4.50. The van der Waals surface area contributed by atoms with Gasteiger partial charge in [-0.25, -0.2) is 13.4 Å². The Balaban J connectivity index is 1.63. The molecule has 0 bridgehead atoms. The van der Waals surface area contributed by atoms with E-state index in [1.54, 1.807) is 42.8 Å². The summed E-state index contributed by atoms with van der Waals surface area (Å²) >= 11 is 6.00. The van der Waals surface area contributed by atoms with Crippen LogP contribution in [0.3, 0.4) is 0 Å². The minimum absolute atomic E-state index is 0.0367. The van der Waals surface area contributed by atoms with Crippen molar-refractivity contribution in [2.75, 3.05) is 13.1 Å². The predicted molar refractivity (Wildman–Crippen MR) is 96.5 cm³/mol. The van der Waals surface area contributed by atoms with Crippen molar-refractivity contribution >= 4 is 27.6 Å².